The number of hydrogen-bond acceptors (Lipinski definition) is 2. The number of carbonyl (C=O) groups excluding carboxylic acids is 1. The highest BCUT2D eigenvalue weighted by molar-refractivity contribution is 14.1. The fourth-order valence-electron chi connectivity index (χ4n) is 2.84. The van der Waals surface area contributed by atoms with Gasteiger partial charge < -0.3 is 4.74 Å². The van der Waals surface area contributed by atoms with Gasteiger partial charge in [0.2, 0.25) is 0 Å². The fraction of sp³-hybridized carbons (Fsp3) is 0.533. The summed E-state index contributed by atoms with van der Waals surface area (Å²) in [6, 6.07) is 5.44. The lowest BCUT2D eigenvalue weighted by molar-refractivity contribution is -0.0712. The van der Waals surface area contributed by atoms with E-state index in [1.54, 1.807) is 12.1 Å². The molecule has 0 saturated carbocycles. The first-order valence-corrected chi connectivity index (χ1v) is 7.77. The van der Waals surface area contributed by atoms with E-state index in [1.165, 1.54) is 0 Å². The molecule has 1 aliphatic heterocycles. The smallest absolute Gasteiger partial charge is 0.170 e. The van der Waals surface area contributed by atoms with Crippen molar-refractivity contribution in [1.82, 2.24) is 0 Å². The maximum Gasteiger partial charge on any atom is 0.170 e. The van der Waals surface area contributed by atoms with Gasteiger partial charge in [-0.2, -0.15) is 0 Å². The van der Waals surface area contributed by atoms with E-state index >= 15 is 0 Å². The van der Waals surface area contributed by atoms with Crippen LogP contribution in [0.15, 0.2) is 18.2 Å². The van der Waals surface area contributed by atoms with Crippen LogP contribution in [0.2, 0.25) is 5.02 Å². The van der Waals surface area contributed by atoms with Crippen molar-refractivity contribution < 1.29 is 9.53 Å². The molecule has 0 radical (unpaired) electrons. The summed E-state index contributed by atoms with van der Waals surface area (Å²) >= 11 is 8.19. The van der Waals surface area contributed by atoms with Gasteiger partial charge in [-0.3, -0.25) is 4.79 Å². The molecule has 1 heterocycles. The molecule has 0 aromatic heterocycles. The van der Waals surface area contributed by atoms with Gasteiger partial charge in [0.25, 0.3) is 0 Å². The Kier molecular flexibility index (Phi) is 4.02. The van der Waals surface area contributed by atoms with E-state index < -0.39 is 5.60 Å². The average Bonchev–Trinajstić information content (AvgIpc) is 2.49. The van der Waals surface area contributed by atoms with Crippen LogP contribution >= 0.6 is 34.2 Å². The van der Waals surface area contributed by atoms with E-state index in [1.807, 2.05) is 33.8 Å². The zero-order chi connectivity index (χ0) is 14.4. The van der Waals surface area contributed by atoms with Gasteiger partial charge in [0.05, 0.1) is 17.1 Å². The number of Topliss-reactive ketones (excluding diaryl/α,β-unsaturated/α-hetero) is 1. The molecule has 0 N–H and O–H groups in total. The largest absolute Gasteiger partial charge is 0.369 e. The monoisotopic (exact) mass is 392 g/mol. The van der Waals surface area contributed by atoms with E-state index in [9.17, 15) is 4.79 Å². The second-order valence-electron chi connectivity index (χ2n) is 6.21. The summed E-state index contributed by atoms with van der Waals surface area (Å²) in [4.78, 5) is 12.8. The summed E-state index contributed by atoms with van der Waals surface area (Å²) in [6.45, 7) is 8.04. The number of ether oxygens (including phenoxy) is 1. The molecule has 4 heteroatoms. The Hall–Kier alpha value is -0.130. The maximum atomic E-state index is 12.8. The van der Waals surface area contributed by atoms with Crippen molar-refractivity contribution in [2.24, 2.45) is 5.92 Å². The average molecular weight is 393 g/mol. The van der Waals surface area contributed by atoms with Gasteiger partial charge >= 0.3 is 0 Å². The molecular formula is C15H18ClIO2. The molecule has 1 unspecified atom stereocenters. The van der Waals surface area contributed by atoms with E-state index in [0.717, 1.165) is 9.99 Å². The Labute approximate surface area is 133 Å². The van der Waals surface area contributed by atoms with E-state index in [-0.39, 0.29) is 17.3 Å². The van der Waals surface area contributed by atoms with Crippen LogP contribution in [-0.4, -0.2) is 17.0 Å². The minimum atomic E-state index is -0.439. The van der Waals surface area contributed by atoms with E-state index in [0.29, 0.717) is 10.6 Å². The third kappa shape index (κ3) is 3.14. The van der Waals surface area contributed by atoms with Crippen LogP contribution in [0.4, 0.5) is 0 Å². The van der Waals surface area contributed by atoms with Crippen molar-refractivity contribution in [3.8, 4) is 0 Å². The topological polar surface area (TPSA) is 26.3 Å². The summed E-state index contributed by atoms with van der Waals surface area (Å²) < 4.78 is 6.94. The first-order chi connectivity index (χ1) is 8.62. The van der Waals surface area contributed by atoms with Crippen molar-refractivity contribution in [2.75, 3.05) is 0 Å². The predicted octanol–water partition coefficient (Wildman–Crippen LogP) is 4.72. The molecule has 2 nitrogen and oxygen atoms in total. The van der Waals surface area contributed by atoms with Gasteiger partial charge in [-0.05, 0) is 74.9 Å². The SMILES string of the molecule is CC1(C)CC(C(=O)c2cc(Cl)ccc2I)C(C)(C)O1. The minimum Gasteiger partial charge on any atom is -0.369 e. The first-order valence-electron chi connectivity index (χ1n) is 6.32. The van der Waals surface area contributed by atoms with Crippen molar-refractivity contribution in [3.63, 3.8) is 0 Å². The van der Waals surface area contributed by atoms with Crippen LogP contribution in [0.1, 0.15) is 44.5 Å². The van der Waals surface area contributed by atoms with Gasteiger partial charge in [-0.25, -0.2) is 0 Å². The number of benzene rings is 1. The number of ketones is 1. The Morgan fingerprint density at radius 2 is 2.00 bits per heavy atom. The Bertz CT molecular complexity index is 523. The second-order valence-corrected chi connectivity index (χ2v) is 7.81. The molecule has 2 rings (SSSR count). The minimum absolute atomic E-state index is 0.127. The van der Waals surface area contributed by atoms with Crippen molar-refractivity contribution in [3.05, 3.63) is 32.4 Å². The zero-order valence-electron chi connectivity index (χ0n) is 11.6. The summed E-state index contributed by atoms with van der Waals surface area (Å²) in [5, 5.41) is 0.597. The molecule has 1 aliphatic rings. The lowest BCUT2D eigenvalue weighted by Crippen LogP contribution is -2.34. The third-order valence-corrected chi connectivity index (χ3v) is 4.76. The summed E-state index contributed by atoms with van der Waals surface area (Å²) in [6.07, 6.45) is 0.738. The maximum absolute atomic E-state index is 12.8. The molecule has 1 aromatic rings. The Morgan fingerprint density at radius 3 is 2.53 bits per heavy atom. The lowest BCUT2D eigenvalue weighted by Gasteiger charge is -2.26. The first kappa shape index (κ1) is 15.3. The quantitative estimate of drug-likeness (QED) is 0.538. The molecule has 1 saturated heterocycles. The molecule has 0 spiro atoms. The predicted molar refractivity (Wildman–Crippen MR) is 85.8 cm³/mol. The summed E-state index contributed by atoms with van der Waals surface area (Å²) in [5.74, 6) is -0.00282. The van der Waals surface area contributed by atoms with Gasteiger partial charge in [-0.1, -0.05) is 11.6 Å². The third-order valence-electron chi connectivity index (χ3n) is 3.58. The van der Waals surface area contributed by atoms with Crippen molar-refractivity contribution in [2.45, 2.75) is 45.3 Å². The molecule has 0 aliphatic carbocycles. The highest BCUT2D eigenvalue weighted by Gasteiger charge is 2.49. The molecule has 104 valence electrons. The second kappa shape index (κ2) is 5.01. The number of rotatable bonds is 2. The van der Waals surface area contributed by atoms with Gasteiger partial charge in [0.15, 0.2) is 5.78 Å². The highest BCUT2D eigenvalue weighted by atomic mass is 127. The van der Waals surface area contributed by atoms with Crippen molar-refractivity contribution in [1.29, 1.82) is 0 Å². The van der Waals surface area contributed by atoms with Gasteiger partial charge in [-0.15, -0.1) is 0 Å². The van der Waals surface area contributed by atoms with E-state index in [2.05, 4.69) is 22.6 Å². The Balaban J connectivity index is 2.37. The van der Waals surface area contributed by atoms with Crippen LogP contribution in [0.3, 0.4) is 0 Å². The van der Waals surface area contributed by atoms with Crippen LogP contribution < -0.4 is 0 Å². The van der Waals surface area contributed by atoms with Crippen molar-refractivity contribution >= 4 is 40.0 Å². The van der Waals surface area contributed by atoms with Gasteiger partial charge in [0.1, 0.15) is 0 Å². The van der Waals surface area contributed by atoms with Crippen LogP contribution in [0.25, 0.3) is 0 Å². The molecule has 0 bridgehead atoms. The lowest BCUT2D eigenvalue weighted by atomic mass is 9.82. The molecule has 0 amide bonds. The molecule has 1 aromatic carbocycles. The van der Waals surface area contributed by atoms with Crippen LogP contribution in [0, 0.1) is 9.49 Å². The number of hydrogen-bond donors (Lipinski definition) is 0. The zero-order valence-corrected chi connectivity index (χ0v) is 14.5. The molecule has 1 fully saturated rings. The Morgan fingerprint density at radius 1 is 1.37 bits per heavy atom. The molecular weight excluding hydrogens is 375 g/mol. The molecule has 1 atom stereocenters. The van der Waals surface area contributed by atoms with E-state index in [4.69, 9.17) is 16.3 Å². The standard InChI is InChI=1S/C15H18ClIO2/c1-14(2)8-11(15(3,4)19-14)13(18)10-7-9(16)5-6-12(10)17/h5-7,11H,8H2,1-4H3. The number of halogens is 2. The van der Waals surface area contributed by atoms with Gasteiger partial charge in [0, 0.05) is 14.2 Å². The normalized spacial score (nSPS) is 24.4. The highest BCUT2D eigenvalue weighted by Crippen LogP contribution is 2.43. The fourth-order valence-corrected chi connectivity index (χ4v) is 3.62. The molecule has 19 heavy (non-hydrogen) atoms. The summed E-state index contributed by atoms with van der Waals surface area (Å²) in [5.41, 5.74) is 0.00674. The summed E-state index contributed by atoms with van der Waals surface area (Å²) in [7, 11) is 0. The van der Waals surface area contributed by atoms with Crippen LogP contribution in [0.5, 0.6) is 0 Å². The number of carbonyl (C=O) groups is 1. The van der Waals surface area contributed by atoms with Crippen LogP contribution in [-0.2, 0) is 4.74 Å².